The number of carbonyl (C=O) groups excluding carboxylic acids is 1. The van der Waals surface area contributed by atoms with Crippen molar-refractivity contribution in [3.05, 3.63) is 30.1 Å². The summed E-state index contributed by atoms with van der Waals surface area (Å²) in [5.74, 6) is 0. The third kappa shape index (κ3) is 1.94. The molecule has 2 aromatic rings. The molecule has 0 saturated carbocycles. The van der Waals surface area contributed by atoms with Gasteiger partial charge in [-0.15, -0.1) is 0 Å². The topological polar surface area (TPSA) is 78.2 Å². The first kappa shape index (κ1) is 12.0. The average Bonchev–Trinajstić information content (AvgIpc) is 2.98. The number of nitrogens with two attached hydrogens (primary N) is 1. The van der Waals surface area contributed by atoms with Gasteiger partial charge in [-0.2, -0.15) is 0 Å². The SMILES string of the molecule is CN1C(=O)N(CCN)CC1c1ccc2nc[nH]c2c1. The number of likely N-dealkylation sites (N-methyl/N-ethyl adjacent to an activating group) is 1. The van der Waals surface area contributed by atoms with Crippen molar-refractivity contribution < 1.29 is 4.79 Å². The van der Waals surface area contributed by atoms with Crippen LogP contribution in [0.15, 0.2) is 24.5 Å². The lowest BCUT2D eigenvalue weighted by Gasteiger charge is -2.17. The van der Waals surface area contributed by atoms with E-state index in [2.05, 4.69) is 16.0 Å². The second-order valence-electron chi connectivity index (χ2n) is 4.82. The molecule has 2 heterocycles. The van der Waals surface area contributed by atoms with Crippen molar-refractivity contribution in [3.63, 3.8) is 0 Å². The van der Waals surface area contributed by atoms with Crippen molar-refractivity contribution in [1.82, 2.24) is 19.8 Å². The Balaban J connectivity index is 1.91. The normalized spacial score (nSPS) is 19.7. The minimum atomic E-state index is 0.0418. The van der Waals surface area contributed by atoms with Crippen molar-refractivity contribution in [2.45, 2.75) is 6.04 Å². The summed E-state index contributed by atoms with van der Waals surface area (Å²) in [5, 5.41) is 0. The van der Waals surface area contributed by atoms with Crippen LogP contribution in [-0.4, -0.2) is 52.5 Å². The number of hydrogen-bond donors (Lipinski definition) is 2. The van der Waals surface area contributed by atoms with Crippen LogP contribution in [0.3, 0.4) is 0 Å². The van der Waals surface area contributed by atoms with Gasteiger partial charge in [0.05, 0.1) is 23.4 Å². The molecule has 2 amide bonds. The smallest absolute Gasteiger partial charge is 0.320 e. The molecule has 1 aromatic carbocycles. The molecule has 1 aromatic heterocycles. The molecule has 1 atom stereocenters. The first-order valence-electron chi connectivity index (χ1n) is 6.35. The summed E-state index contributed by atoms with van der Waals surface area (Å²) in [6, 6.07) is 6.18. The average molecular weight is 259 g/mol. The number of rotatable bonds is 3. The molecule has 100 valence electrons. The molecule has 3 rings (SSSR count). The molecular formula is C13H17N5O. The van der Waals surface area contributed by atoms with E-state index in [1.807, 2.05) is 19.2 Å². The van der Waals surface area contributed by atoms with Crippen LogP contribution >= 0.6 is 0 Å². The number of benzene rings is 1. The van der Waals surface area contributed by atoms with E-state index in [1.54, 1.807) is 16.1 Å². The fourth-order valence-electron chi connectivity index (χ4n) is 2.60. The number of H-pyrrole nitrogens is 1. The summed E-state index contributed by atoms with van der Waals surface area (Å²) >= 11 is 0. The Hall–Kier alpha value is -2.08. The third-order valence-corrected chi connectivity index (χ3v) is 3.66. The number of urea groups is 1. The van der Waals surface area contributed by atoms with E-state index >= 15 is 0 Å². The van der Waals surface area contributed by atoms with Gasteiger partial charge in [-0.25, -0.2) is 9.78 Å². The molecule has 1 aliphatic rings. The molecule has 1 fully saturated rings. The minimum Gasteiger partial charge on any atom is -0.345 e. The van der Waals surface area contributed by atoms with E-state index in [-0.39, 0.29) is 12.1 Å². The van der Waals surface area contributed by atoms with E-state index < -0.39 is 0 Å². The minimum absolute atomic E-state index is 0.0418. The van der Waals surface area contributed by atoms with Crippen LogP contribution in [0.1, 0.15) is 11.6 Å². The van der Waals surface area contributed by atoms with E-state index in [9.17, 15) is 4.79 Å². The van der Waals surface area contributed by atoms with Crippen molar-refractivity contribution in [2.75, 3.05) is 26.7 Å². The molecule has 1 unspecified atom stereocenters. The van der Waals surface area contributed by atoms with Crippen molar-refractivity contribution >= 4 is 17.1 Å². The Morgan fingerprint density at radius 3 is 3.16 bits per heavy atom. The number of nitrogens with one attached hydrogen (secondary N) is 1. The van der Waals surface area contributed by atoms with Gasteiger partial charge in [0.25, 0.3) is 0 Å². The quantitative estimate of drug-likeness (QED) is 0.860. The maximum atomic E-state index is 12.1. The fourth-order valence-corrected chi connectivity index (χ4v) is 2.60. The van der Waals surface area contributed by atoms with Crippen LogP contribution in [0, 0.1) is 0 Å². The largest absolute Gasteiger partial charge is 0.345 e. The van der Waals surface area contributed by atoms with Gasteiger partial charge in [0.2, 0.25) is 0 Å². The molecule has 19 heavy (non-hydrogen) atoms. The van der Waals surface area contributed by atoms with Crippen LogP contribution in [0.5, 0.6) is 0 Å². The molecular weight excluding hydrogens is 242 g/mol. The Bertz CT molecular complexity index is 608. The maximum Gasteiger partial charge on any atom is 0.320 e. The Labute approximate surface area is 111 Å². The lowest BCUT2D eigenvalue weighted by atomic mass is 10.1. The zero-order valence-electron chi connectivity index (χ0n) is 10.8. The highest BCUT2D eigenvalue weighted by Gasteiger charge is 2.34. The standard InChI is InChI=1S/C13H17N5O/c1-17-12(7-18(5-4-14)13(17)19)9-2-3-10-11(6-9)16-8-15-10/h2-3,6,8,12H,4-5,7,14H2,1H3,(H,15,16). The molecule has 0 aliphatic carbocycles. The van der Waals surface area contributed by atoms with Gasteiger partial charge >= 0.3 is 6.03 Å². The predicted octanol–water partition coefficient (Wildman–Crippen LogP) is 0.930. The van der Waals surface area contributed by atoms with Crippen LogP contribution in [-0.2, 0) is 0 Å². The summed E-state index contributed by atoms with van der Waals surface area (Å²) in [6.45, 7) is 1.78. The van der Waals surface area contributed by atoms with Gasteiger partial charge in [0.1, 0.15) is 0 Å². The number of imidazole rings is 1. The number of aromatic amines is 1. The van der Waals surface area contributed by atoms with Gasteiger partial charge in [-0.3, -0.25) is 0 Å². The lowest BCUT2D eigenvalue weighted by Crippen LogP contribution is -2.33. The summed E-state index contributed by atoms with van der Waals surface area (Å²) in [5.41, 5.74) is 8.59. The predicted molar refractivity (Wildman–Crippen MR) is 72.6 cm³/mol. The number of amides is 2. The molecule has 6 nitrogen and oxygen atoms in total. The Kier molecular flexibility index (Phi) is 2.87. The first-order valence-corrected chi connectivity index (χ1v) is 6.35. The summed E-state index contributed by atoms with van der Waals surface area (Å²) < 4.78 is 0. The molecule has 0 bridgehead atoms. The number of aromatic nitrogens is 2. The monoisotopic (exact) mass is 259 g/mol. The molecule has 1 saturated heterocycles. The van der Waals surface area contributed by atoms with E-state index in [1.165, 1.54) is 0 Å². The summed E-state index contributed by atoms with van der Waals surface area (Å²) in [4.78, 5) is 22.9. The highest BCUT2D eigenvalue weighted by Crippen LogP contribution is 2.29. The highest BCUT2D eigenvalue weighted by molar-refractivity contribution is 5.79. The summed E-state index contributed by atoms with van der Waals surface area (Å²) in [6.07, 6.45) is 1.68. The van der Waals surface area contributed by atoms with Gasteiger partial charge in [0.15, 0.2) is 0 Å². The van der Waals surface area contributed by atoms with Crippen LogP contribution in [0.4, 0.5) is 4.79 Å². The molecule has 6 heteroatoms. The number of fused-ring (bicyclic) bond motifs is 1. The van der Waals surface area contributed by atoms with Crippen LogP contribution < -0.4 is 5.73 Å². The van der Waals surface area contributed by atoms with Crippen molar-refractivity contribution in [1.29, 1.82) is 0 Å². The van der Waals surface area contributed by atoms with E-state index in [0.717, 1.165) is 16.6 Å². The second-order valence-corrected chi connectivity index (χ2v) is 4.82. The molecule has 1 aliphatic heterocycles. The van der Waals surface area contributed by atoms with Crippen molar-refractivity contribution in [2.24, 2.45) is 5.73 Å². The first-order chi connectivity index (χ1) is 9.20. The van der Waals surface area contributed by atoms with Crippen LogP contribution in [0.25, 0.3) is 11.0 Å². The number of carbonyl (C=O) groups is 1. The zero-order chi connectivity index (χ0) is 13.4. The Morgan fingerprint density at radius 2 is 2.37 bits per heavy atom. The second kappa shape index (κ2) is 4.55. The molecule has 3 N–H and O–H groups in total. The van der Waals surface area contributed by atoms with Gasteiger partial charge < -0.3 is 20.5 Å². The highest BCUT2D eigenvalue weighted by atomic mass is 16.2. The molecule has 0 radical (unpaired) electrons. The molecule has 0 spiro atoms. The van der Waals surface area contributed by atoms with Crippen molar-refractivity contribution in [3.8, 4) is 0 Å². The number of hydrogen-bond acceptors (Lipinski definition) is 3. The van der Waals surface area contributed by atoms with Gasteiger partial charge in [0, 0.05) is 26.7 Å². The Morgan fingerprint density at radius 1 is 1.53 bits per heavy atom. The van der Waals surface area contributed by atoms with Gasteiger partial charge in [-0.05, 0) is 17.7 Å². The third-order valence-electron chi connectivity index (χ3n) is 3.66. The maximum absolute atomic E-state index is 12.1. The van der Waals surface area contributed by atoms with E-state index in [0.29, 0.717) is 19.6 Å². The lowest BCUT2D eigenvalue weighted by molar-refractivity contribution is 0.196. The summed E-state index contributed by atoms with van der Waals surface area (Å²) in [7, 11) is 1.83. The van der Waals surface area contributed by atoms with Crippen LogP contribution in [0.2, 0.25) is 0 Å². The number of nitrogens with zero attached hydrogens (tertiary/aromatic N) is 3. The van der Waals surface area contributed by atoms with Gasteiger partial charge in [-0.1, -0.05) is 6.07 Å². The zero-order valence-corrected chi connectivity index (χ0v) is 10.8. The fraction of sp³-hybridized carbons (Fsp3) is 0.385. The van der Waals surface area contributed by atoms with E-state index in [4.69, 9.17) is 5.73 Å².